The molecule has 0 radical (unpaired) electrons. The SMILES string of the molecule is CCCCCCCCCCOC[n+]1cccc(C)c1. The van der Waals surface area contributed by atoms with Gasteiger partial charge in [-0.2, -0.15) is 4.57 Å². The number of hydrogen-bond donors (Lipinski definition) is 0. The molecule has 0 saturated carbocycles. The van der Waals surface area contributed by atoms with E-state index in [1.54, 1.807) is 0 Å². The number of hydrogen-bond acceptors (Lipinski definition) is 1. The number of rotatable bonds is 11. The number of pyridine rings is 1. The summed E-state index contributed by atoms with van der Waals surface area (Å²) in [6.07, 6.45) is 15.0. The van der Waals surface area contributed by atoms with Crippen LogP contribution < -0.4 is 4.57 Å². The molecule has 0 spiro atoms. The van der Waals surface area contributed by atoms with E-state index in [1.165, 1.54) is 56.9 Å². The molecule has 0 atom stereocenters. The molecule has 0 fully saturated rings. The minimum absolute atomic E-state index is 0.679. The van der Waals surface area contributed by atoms with E-state index in [-0.39, 0.29) is 0 Å². The Morgan fingerprint density at radius 3 is 2.37 bits per heavy atom. The minimum Gasteiger partial charge on any atom is -0.323 e. The minimum atomic E-state index is 0.679. The number of aromatic nitrogens is 1. The largest absolute Gasteiger partial charge is 0.323 e. The highest BCUT2D eigenvalue weighted by Gasteiger charge is 1.99. The quantitative estimate of drug-likeness (QED) is 0.426. The van der Waals surface area contributed by atoms with Crippen LogP contribution in [0.3, 0.4) is 0 Å². The molecule has 0 aliphatic carbocycles. The van der Waals surface area contributed by atoms with Crippen molar-refractivity contribution in [2.75, 3.05) is 6.61 Å². The van der Waals surface area contributed by atoms with Gasteiger partial charge < -0.3 is 4.74 Å². The topological polar surface area (TPSA) is 13.1 Å². The Bertz CT molecular complexity index is 325. The van der Waals surface area contributed by atoms with Gasteiger partial charge in [0.2, 0.25) is 0 Å². The fourth-order valence-electron chi connectivity index (χ4n) is 2.24. The van der Waals surface area contributed by atoms with Crippen molar-refractivity contribution >= 4 is 0 Å². The predicted molar refractivity (Wildman–Crippen MR) is 79.9 cm³/mol. The van der Waals surface area contributed by atoms with E-state index in [1.807, 2.05) is 0 Å². The molecular formula is C17H30NO+. The monoisotopic (exact) mass is 264 g/mol. The van der Waals surface area contributed by atoms with Gasteiger partial charge in [-0.25, -0.2) is 0 Å². The van der Waals surface area contributed by atoms with Crippen LogP contribution in [0.1, 0.15) is 63.9 Å². The van der Waals surface area contributed by atoms with Gasteiger partial charge in [0.05, 0.1) is 6.61 Å². The highest BCUT2D eigenvalue weighted by Crippen LogP contribution is 2.08. The predicted octanol–water partition coefficient (Wildman–Crippen LogP) is 4.40. The molecule has 1 rings (SSSR count). The van der Waals surface area contributed by atoms with E-state index < -0.39 is 0 Å². The van der Waals surface area contributed by atoms with E-state index in [9.17, 15) is 0 Å². The Balaban J connectivity index is 1.89. The highest BCUT2D eigenvalue weighted by molar-refractivity contribution is 5.01. The van der Waals surface area contributed by atoms with E-state index in [0.29, 0.717) is 6.73 Å². The van der Waals surface area contributed by atoms with Gasteiger partial charge in [-0.05, 0) is 19.4 Å². The smallest absolute Gasteiger partial charge is 0.252 e. The van der Waals surface area contributed by atoms with Gasteiger partial charge in [0.15, 0.2) is 12.4 Å². The molecule has 108 valence electrons. The second-order valence-electron chi connectivity index (χ2n) is 5.41. The lowest BCUT2D eigenvalue weighted by Gasteiger charge is -2.02. The van der Waals surface area contributed by atoms with Crippen LogP contribution in [0.4, 0.5) is 0 Å². The average molecular weight is 264 g/mol. The van der Waals surface area contributed by atoms with Gasteiger partial charge in [-0.3, -0.25) is 0 Å². The van der Waals surface area contributed by atoms with Crippen LogP contribution in [-0.2, 0) is 11.5 Å². The zero-order valence-electron chi connectivity index (χ0n) is 12.7. The molecule has 0 N–H and O–H groups in total. The van der Waals surface area contributed by atoms with Crippen LogP contribution in [0.5, 0.6) is 0 Å². The van der Waals surface area contributed by atoms with Crippen molar-refractivity contribution in [3.63, 3.8) is 0 Å². The zero-order chi connectivity index (χ0) is 13.8. The van der Waals surface area contributed by atoms with Gasteiger partial charge in [0, 0.05) is 11.6 Å². The molecule has 19 heavy (non-hydrogen) atoms. The number of nitrogens with zero attached hydrogens (tertiary/aromatic N) is 1. The molecule has 2 nitrogen and oxygen atoms in total. The normalized spacial score (nSPS) is 10.8. The first-order chi connectivity index (χ1) is 9.33. The lowest BCUT2D eigenvalue weighted by atomic mass is 10.1. The summed E-state index contributed by atoms with van der Waals surface area (Å²) in [5.74, 6) is 0. The Kier molecular flexibility index (Phi) is 9.34. The van der Waals surface area contributed by atoms with E-state index in [2.05, 4.69) is 42.9 Å². The molecule has 0 aliphatic rings. The first kappa shape index (κ1) is 16.2. The molecule has 0 aromatic carbocycles. The van der Waals surface area contributed by atoms with Crippen molar-refractivity contribution in [3.05, 3.63) is 30.1 Å². The Morgan fingerprint density at radius 2 is 1.68 bits per heavy atom. The van der Waals surface area contributed by atoms with Gasteiger partial charge in [0.25, 0.3) is 6.73 Å². The summed E-state index contributed by atoms with van der Waals surface area (Å²) in [5, 5.41) is 0. The van der Waals surface area contributed by atoms with Crippen molar-refractivity contribution in [2.45, 2.75) is 71.9 Å². The number of unbranched alkanes of at least 4 members (excludes halogenated alkanes) is 7. The fourth-order valence-corrected chi connectivity index (χ4v) is 2.24. The van der Waals surface area contributed by atoms with Crippen LogP contribution in [0.25, 0.3) is 0 Å². The molecule has 2 heteroatoms. The van der Waals surface area contributed by atoms with Crippen molar-refractivity contribution in [3.8, 4) is 0 Å². The highest BCUT2D eigenvalue weighted by atomic mass is 16.5. The lowest BCUT2D eigenvalue weighted by molar-refractivity contribution is -0.733. The molecule has 0 aliphatic heterocycles. The third kappa shape index (κ3) is 8.77. The summed E-state index contributed by atoms with van der Waals surface area (Å²) in [6.45, 7) is 5.94. The summed E-state index contributed by atoms with van der Waals surface area (Å²) >= 11 is 0. The molecule has 1 aromatic heterocycles. The first-order valence-corrected chi connectivity index (χ1v) is 7.86. The molecular weight excluding hydrogens is 234 g/mol. The number of aryl methyl sites for hydroxylation is 1. The third-order valence-corrected chi connectivity index (χ3v) is 3.39. The second-order valence-corrected chi connectivity index (χ2v) is 5.41. The van der Waals surface area contributed by atoms with Crippen molar-refractivity contribution < 1.29 is 9.30 Å². The van der Waals surface area contributed by atoms with E-state index in [4.69, 9.17) is 4.74 Å². The Hall–Kier alpha value is -0.890. The maximum atomic E-state index is 5.68. The van der Waals surface area contributed by atoms with Gasteiger partial charge in [-0.1, -0.05) is 51.9 Å². The van der Waals surface area contributed by atoms with Crippen molar-refractivity contribution in [1.82, 2.24) is 0 Å². The van der Waals surface area contributed by atoms with E-state index >= 15 is 0 Å². The van der Waals surface area contributed by atoms with E-state index in [0.717, 1.165) is 6.61 Å². The lowest BCUT2D eigenvalue weighted by Crippen LogP contribution is -2.34. The first-order valence-electron chi connectivity index (χ1n) is 7.86. The zero-order valence-corrected chi connectivity index (χ0v) is 12.7. The van der Waals surface area contributed by atoms with Gasteiger partial charge >= 0.3 is 0 Å². The summed E-state index contributed by atoms with van der Waals surface area (Å²) in [7, 11) is 0. The maximum absolute atomic E-state index is 5.68. The van der Waals surface area contributed by atoms with Crippen molar-refractivity contribution in [2.24, 2.45) is 0 Å². The molecule has 0 amide bonds. The Morgan fingerprint density at radius 1 is 1.00 bits per heavy atom. The molecule has 0 unspecified atom stereocenters. The molecule has 1 aromatic rings. The summed E-state index contributed by atoms with van der Waals surface area (Å²) in [4.78, 5) is 0. The van der Waals surface area contributed by atoms with Crippen LogP contribution in [-0.4, -0.2) is 6.61 Å². The van der Waals surface area contributed by atoms with Crippen LogP contribution in [0.2, 0.25) is 0 Å². The van der Waals surface area contributed by atoms with Crippen molar-refractivity contribution in [1.29, 1.82) is 0 Å². The summed E-state index contributed by atoms with van der Waals surface area (Å²) in [6, 6.07) is 4.17. The van der Waals surface area contributed by atoms with Crippen LogP contribution in [0, 0.1) is 6.92 Å². The van der Waals surface area contributed by atoms with Crippen LogP contribution in [0.15, 0.2) is 24.5 Å². The van der Waals surface area contributed by atoms with Gasteiger partial charge in [-0.15, -0.1) is 0 Å². The molecule has 1 heterocycles. The average Bonchev–Trinajstić information content (AvgIpc) is 2.41. The fraction of sp³-hybridized carbons (Fsp3) is 0.706. The maximum Gasteiger partial charge on any atom is 0.252 e. The second kappa shape index (κ2) is 11.0. The molecule has 0 bridgehead atoms. The standard InChI is InChI=1S/C17H30NO/c1-3-4-5-6-7-8-9-10-14-19-16-18-13-11-12-17(2)15-18/h11-13,15H,3-10,14,16H2,1-2H3/q+1. The van der Waals surface area contributed by atoms with Gasteiger partial charge in [0.1, 0.15) is 0 Å². The summed E-state index contributed by atoms with van der Waals surface area (Å²) in [5.41, 5.74) is 1.28. The molecule has 0 saturated heterocycles. The van der Waals surface area contributed by atoms with Crippen LogP contribution >= 0.6 is 0 Å². The summed E-state index contributed by atoms with van der Waals surface area (Å²) < 4.78 is 7.78. The number of ether oxygens (including phenoxy) is 1. The third-order valence-electron chi connectivity index (χ3n) is 3.39. The Labute approximate surface area is 118 Å².